The molecule has 0 radical (unpaired) electrons. The zero-order chi connectivity index (χ0) is 11.7. The molecule has 1 saturated heterocycles. The standard InChI is InChI=1S/C11H13NO4/c13-7-1-2-9(10(15)5-7)11(16)12-4-3-8(14)6-12/h1-2,5,8,13-15H,3-4,6H2/t8-/m0/s1. The first-order valence-electron chi connectivity index (χ1n) is 5.07. The molecule has 1 aromatic carbocycles. The van der Waals surface area contributed by atoms with Gasteiger partial charge >= 0.3 is 0 Å². The summed E-state index contributed by atoms with van der Waals surface area (Å²) in [5.41, 5.74) is 0.145. The highest BCUT2D eigenvalue weighted by atomic mass is 16.3. The second-order valence-corrected chi connectivity index (χ2v) is 3.90. The van der Waals surface area contributed by atoms with E-state index in [4.69, 9.17) is 5.11 Å². The van der Waals surface area contributed by atoms with Crippen LogP contribution in [0.15, 0.2) is 18.2 Å². The Morgan fingerprint density at radius 2 is 2.12 bits per heavy atom. The minimum atomic E-state index is -0.483. The van der Waals surface area contributed by atoms with Crippen molar-refractivity contribution in [3.8, 4) is 11.5 Å². The second-order valence-electron chi connectivity index (χ2n) is 3.90. The molecule has 86 valence electrons. The summed E-state index contributed by atoms with van der Waals surface area (Å²) in [7, 11) is 0. The molecule has 16 heavy (non-hydrogen) atoms. The van der Waals surface area contributed by atoms with E-state index < -0.39 is 6.10 Å². The van der Waals surface area contributed by atoms with Gasteiger partial charge in [-0.1, -0.05) is 0 Å². The van der Waals surface area contributed by atoms with Crippen molar-refractivity contribution < 1.29 is 20.1 Å². The number of hydrogen-bond donors (Lipinski definition) is 3. The Labute approximate surface area is 92.6 Å². The van der Waals surface area contributed by atoms with Gasteiger partial charge in [0.1, 0.15) is 11.5 Å². The third-order valence-corrected chi connectivity index (χ3v) is 2.66. The van der Waals surface area contributed by atoms with Gasteiger partial charge in [-0.3, -0.25) is 4.79 Å². The number of aliphatic hydroxyl groups is 1. The summed E-state index contributed by atoms with van der Waals surface area (Å²) >= 11 is 0. The van der Waals surface area contributed by atoms with Crippen LogP contribution in [0.5, 0.6) is 11.5 Å². The molecular weight excluding hydrogens is 210 g/mol. The molecule has 0 aliphatic carbocycles. The molecule has 1 aliphatic heterocycles. The Kier molecular flexibility index (Phi) is 2.70. The van der Waals surface area contributed by atoms with E-state index in [0.29, 0.717) is 19.5 Å². The molecule has 5 heteroatoms. The molecule has 0 spiro atoms. The number of phenolic OH excluding ortho intramolecular Hbond substituents is 2. The maximum atomic E-state index is 11.9. The van der Waals surface area contributed by atoms with Gasteiger partial charge in [-0.15, -0.1) is 0 Å². The summed E-state index contributed by atoms with van der Waals surface area (Å²) in [6.07, 6.45) is 0.0770. The van der Waals surface area contributed by atoms with Crippen molar-refractivity contribution in [2.75, 3.05) is 13.1 Å². The van der Waals surface area contributed by atoms with E-state index in [-0.39, 0.29) is 23.0 Å². The summed E-state index contributed by atoms with van der Waals surface area (Å²) in [6.45, 7) is 0.777. The minimum Gasteiger partial charge on any atom is -0.508 e. The lowest BCUT2D eigenvalue weighted by Gasteiger charge is -2.16. The molecule has 1 fully saturated rings. The van der Waals surface area contributed by atoms with Crippen molar-refractivity contribution >= 4 is 5.91 Å². The normalized spacial score (nSPS) is 20.1. The van der Waals surface area contributed by atoms with Gasteiger partial charge in [-0.25, -0.2) is 0 Å². The van der Waals surface area contributed by atoms with Gasteiger partial charge in [0, 0.05) is 19.2 Å². The third-order valence-electron chi connectivity index (χ3n) is 2.66. The van der Waals surface area contributed by atoms with E-state index >= 15 is 0 Å². The fourth-order valence-electron chi connectivity index (χ4n) is 1.80. The maximum absolute atomic E-state index is 11.9. The number of phenols is 2. The number of aliphatic hydroxyl groups excluding tert-OH is 1. The van der Waals surface area contributed by atoms with Crippen LogP contribution in [0.3, 0.4) is 0 Å². The Hall–Kier alpha value is -1.75. The molecular formula is C11H13NO4. The molecule has 1 heterocycles. The summed E-state index contributed by atoms with van der Waals surface area (Å²) in [5, 5.41) is 27.9. The van der Waals surface area contributed by atoms with Crippen molar-refractivity contribution in [3.63, 3.8) is 0 Å². The van der Waals surface area contributed by atoms with Crippen LogP contribution < -0.4 is 0 Å². The van der Waals surface area contributed by atoms with Crippen LogP contribution >= 0.6 is 0 Å². The number of amides is 1. The lowest BCUT2D eigenvalue weighted by Crippen LogP contribution is -2.29. The number of likely N-dealkylation sites (tertiary alicyclic amines) is 1. The summed E-state index contributed by atoms with van der Waals surface area (Å²) in [6, 6.07) is 3.84. The lowest BCUT2D eigenvalue weighted by molar-refractivity contribution is 0.0762. The van der Waals surface area contributed by atoms with Gasteiger partial charge < -0.3 is 20.2 Å². The largest absolute Gasteiger partial charge is 0.508 e. The van der Waals surface area contributed by atoms with Gasteiger partial charge in [-0.2, -0.15) is 0 Å². The van der Waals surface area contributed by atoms with Crippen molar-refractivity contribution in [2.24, 2.45) is 0 Å². The van der Waals surface area contributed by atoms with Gasteiger partial charge in [0.05, 0.1) is 11.7 Å². The fraction of sp³-hybridized carbons (Fsp3) is 0.364. The Morgan fingerprint density at radius 1 is 1.38 bits per heavy atom. The fourth-order valence-corrected chi connectivity index (χ4v) is 1.80. The van der Waals surface area contributed by atoms with Gasteiger partial charge in [0.25, 0.3) is 5.91 Å². The molecule has 1 aliphatic rings. The number of β-amino-alcohol motifs (C(OH)–C–C–N with tert-alkyl or cyclic N) is 1. The topological polar surface area (TPSA) is 81.0 Å². The van der Waals surface area contributed by atoms with Crippen LogP contribution in [0, 0.1) is 0 Å². The van der Waals surface area contributed by atoms with Crippen LogP contribution in [-0.2, 0) is 0 Å². The zero-order valence-electron chi connectivity index (χ0n) is 8.63. The van der Waals surface area contributed by atoms with E-state index in [2.05, 4.69) is 0 Å². The summed E-state index contributed by atoms with van der Waals surface area (Å²) < 4.78 is 0. The summed E-state index contributed by atoms with van der Waals surface area (Å²) in [4.78, 5) is 13.4. The quantitative estimate of drug-likeness (QED) is 0.639. The Bertz CT molecular complexity index is 418. The number of aromatic hydroxyl groups is 2. The van der Waals surface area contributed by atoms with E-state index in [0.717, 1.165) is 6.07 Å². The first-order chi connectivity index (χ1) is 7.58. The monoisotopic (exact) mass is 223 g/mol. The Morgan fingerprint density at radius 3 is 2.69 bits per heavy atom. The lowest BCUT2D eigenvalue weighted by atomic mass is 10.1. The minimum absolute atomic E-state index is 0.0875. The van der Waals surface area contributed by atoms with Gasteiger partial charge in [0.2, 0.25) is 0 Å². The molecule has 5 nitrogen and oxygen atoms in total. The third kappa shape index (κ3) is 1.94. The highest BCUT2D eigenvalue weighted by Crippen LogP contribution is 2.25. The second kappa shape index (κ2) is 4.02. The first-order valence-corrected chi connectivity index (χ1v) is 5.07. The average molecular weight is 223 g/mol. The smallest absolute Gasteiger partial charge is 0.257 e. The molecule has 0 bridgehead atoms. The molecule has 1 atom stereocenters. The van der Waals surface area contributed by atoms with Crippen molar-refractivity contribution in [2.45, 2.75) is 12.5 Å². The predicted molar refractivity (Wildman–Crippen MR) is 56.3 cm³/mol. The van der Waals surface area contributed by atoms with Crippen LogP contribution in [0.2, 0.25) is 0 Å². The number of rotatable bonds is 1. The van der Waals surface area contributed by atoms with Crippen molar-refractivity contribution in [3.05, 3.63) is 23.8 Å². The number of carbonyl (C=O) groups is 1. The molecule has 2 rings (SSSR count). The SMILES string of the molecule is O=C(c1ccc(O)cc1O)N1CC[C@H](O)C1. The number of benzene rings is 1. The predicted octanol–water partition coefficient (Wildman–Crippen LogP) is 0.305. The summed E-state index contributed by atoms with van der Waals surface area (Å²) in [5.74, 6) is -0.657. The zero-order valence-corrected chi connectivity index (χ0v) is 8.63. The van der Waals surface area contributed by atoms with Crippen LogP contribution in [-0.4, -0.2) is 45.3 Å². The highest BCUT2D eigenvalue weighted by Gasteiger charge is 2.26. The first kappa shape index (κ1) is 10.8. The van der Waals surface area contributed by atoms with E-state index in [1.165, 1.54) is 17.0 Å². The van der Waals surface area contributed by atoms with Crippen LogP contribution in [0.1, 0.15) is 16.8 Å². The van der Waals surface area contributed by atoms with E-state index in [1.54, 1.807) is 0 Å². The van der Waals surface area contributed by atoms with Crippen LogP contribution in [0.4, 0.5) is 0 Å². The average Bonchev–Trinajstić information content (AvgIpc) is 2.64. The molecule has 0 unspecified atom stereocenters. The maximum Gasteiger partial charge on any atom is 0.257 e. The van der Waals surface area contributed by atoms with Crippen molar-refractivity contribution in [1.82, 2.24) is 4.90 Å². The highest BCUT2D eigenvalue weighted by molar-refractivity contribution is 5.97. The molecule has 1 aromatic rings. The van der Waals surface area contributed by atoms with Crippen LogP contribution in [0.25, 0.3) is 0 Å². The number of nitrogens with zero attached hydrogens (tertiary/aromatic N) is 1. The van der Waals surface area contributed by atoms with Crippen molar-refractivity contribution in [1.29, 1.82) is 0 Å². The number of carbonyl (C=O) groups excluding carboxylic acids is 1. The molecule has 0 aromatic heterocycles. The number of hydrogen-bond acceptors (Lipinski definition) is 4. The van der Waals surface area contributed by atoms with Gasteiger partial charge in [0.15, 0.2) is 0 Å². The van der Waals surface area contributed by atoms with Gasteiger partial charge in [-0.05, 0) is 18.6 Å². The molecule has 1 amide bonds. The van der Waals surface area contributed by atoms with E-state index in [9.17, 15) is 15.0 Å². The van der Waals surface area contributed by atoms with E-state index in [1.807, 2.05) is 0 Å². The molecule has 3 N–H and O–H groups in total. The Balaban J connectivity index is 2.21. The molecule has 0 saturated carbocycles.